The molecule has 1 aromatic carbocycles. The van der Waals surface area contributed by atoms with Gasteiger partial charge in [-0.15, -0.1) is 5.11 Å². The van der Waals surface area contributed by atoms with Crippen LogP contribution in [-0.4, -0.2) is 48.1 Å². The third-order valence-electron chi connectivity index (χ3n) is 4.77. The maximum absolute atomic E-state index is 13.2. The number of halogens is 1. The van der Waals surface area contributed by atoms with E-state index in [0.29, 0.717) is 6.42 Å². The summed E-state index contributed by atoms with van der Waals surface area (Å²) in [7, 11) is 0. The first-order chi connectivity index (χ1) is 11.0. The summed E-state index contributed by atoms with van der Waals surface area (Å²) in [5.41, 5.74) is 2.18. The Bertz CT molecular complexity index is 611. The SMILES string of the molecule is Cc1cc(F)ccc1CN1CCN(C2N=NC(=O)CC2C)CC1. The summed E-state index contributed by atoms with van der Waals surface area (Å²) in [6.45, 7) is 8.60. The molecule has 124 valence electrons. The van der Waals surface area contributed by atoms with E-state index in [4.69, 9.17) is 0 Å². The number of azo groups is 1. The van der Waals surface area contributed by atoms with E-state index < -0.39 is 0 Å². The Morgan fingerprint density at radius 3 is 2.65 bits per heavy atom. The number of amides is 1. The molecule has 1 amide bonds. The number of hydrogen-bond donors (Lipinski definition) is 0. The number of rotatable bonds is 3. The summed E-state index contributed by atoms with van der Waals surface area (Å²) < 4.78 is 13.2. The van der Waals surface area contributed by atoms with E-state index >= 15 is 0 Å². The van der Waals surface area contributed by atoms with Crippen molar-refractivity contribution in [1.29, 1.82) is 0 Å². The van der Waals surface area contributed by atoms with Crippen LogP contribution in [0.1, 0.15) is 24.5 Å². The first kappa shape index (κ1) is 16.2. The molecule has 0 bridgehead atoms. The van der Waals surface area contributed by atoms with Crippen molar-refractivity contribution >= 4 is 5.91 Å². The van der Waals surface area contributed by atoms with E-state index in [1.807, 2.05) is 13.0 Å². The van der Waals surface area contributed by atoms with E-state index in [1.165, 1.54) is 11.6 Å². The number of piperazine rings is 1. The molecular formula is C17H23FN4O. The fraction of sp³-hybridized carbons (Fsp3) is 0.588. The van der Waals surface area contributed by atoms with Crippen LogP contribution in [-0.2, 0) is 11.3 Å². The molecule has 2 heterocycles. The second-order valence-electron chi connectivity index (χ2n) is 6.59. The van der Waals surface area contributed by atoms with E-state index in [9.17, 15) is 9.18 Å². The highest BCUT2D eigenvalue weighted by Crippen LogP contribution is 2.23. The molecule has 0 aliphatic carbocycles. The molecular weight excluding hydrogens is 295 g/mol. The van der Waals surface area contributed by atoms with Gasteiger partial charge in [-0.05, 0) is 30.2 Å². The average molecular weight is 318 g/mol. The normalized spacial score (nSPS) is 26.7. The molecule has 6 heteroatoms. The fourth-order valence-electron chi connectivity index (χ4n) is 3.36. The Labute approximate surface area is 136 Å². The van der Waals surface area contributed by atoms with Crippen molar-refractivity contribution in [1.82, 2.24) is 9.80 Å². The molecule has 2 unspecified atom stereocenters. The van der Waals surface area contributed by atoms with Gasteiger partial charge in [0.2, 0.25) is 0 Å². The lowest BCUT2D eigenvalue weighted by Gasteiger charge is -2.39. The van der Waals surface area contributed by atoms with Gasteiger partial charge in [-0.25, -0.2) is 4.39 Å². The Hall–Kier alpha value is -1.66. The molecule has 2 aliphatic heterocycles. The van der Waals surface area contributed by atoms with Crippen molar-refractivity contribution in [3.63, 3.8) is 0 Å². The summed E-state index contributed by atoms with van der Waals surface area (Å²) in [6, 6.07) is 4.99. The molecule has 23 heavy (non-hydrogen) atoms. The quantitative estimate of drug-likeness (QED) is 0.861. The number of carbonyl (C=O) groups excluding carboxylic acids is 1. The van der Waals surface area contributed by atoms with Crippen molar-refractivity contribution in [2.24, 2.45) is 16.1 Å². The Morgan fingerprint density at radius 2 is 2.00 bits per heavy atom. The molecule has 2 atom stereocenters. The van der Waals surface area contributed by atoms with Gasteiger partial charge in [0.05, 0.1) is 0 Å². The van der Waals surface area contributed by atoms with Crippen molar-refractivity contribution in [2.75, 3.05) is 26.2 Å². The van der Waals surface area contributed by atoms with Gasteiger partial charge in [-0.3, -0.25) is 14.6 Å². The second kappa shape index (κ2) is 6.84. The highest BCUT2D eigenvalue weighted by atomic mass is 19.1. The molecule has 0 spiro atoms. The first-order valence-corrected chi connectivity index (χ1v) is 8.18. The van der Waals surface area contributed by atoms with Gasteiger partial charge in [0.1, 0.15) is 12.0 Å². The summed E-state index contributed by atoms with van der Waals surface area (Å²) in [6.07, 6.45) is 0.519. The van der Waals surface area contributed by atoms with Crippen molar-refractivity contribution in [3.8, 4) is 0 Å². The van der Waals surface area contributed by atoms with E-state index in [-0.39, 0.29) is 23.8 Å². The van der Waals surface area contributed by atoms with Gasteiger partial charge in [0, 0.05) is 45.1 Å². The molecule has 1 aromatic rings. The highest BCUT2D eigenvalue weighted by Gasteiger charge is 2.31. The maximum Gasteiger partial charge on any atom is 0.264 e. The smallest absolute Gasteiger partial charge is 0.264 e. The van der Waals surface area contributed by atoms with Crippen LogP contribution < -0.4 is 0 Å². The zero-order chi connectivity index (χ0) is 16.4. The summed E-state index contributed by atoms with van der Waals surface area (Å²) >= 11 is 0. The monoisotopic (exact) mass is 318 g/mol. The Kier molecular flexibility index (Phi) is 4.82. The van der Waals surface area contributed by atoms with Crippen molar-refractivity contribution in [2.45, 2.75) is 33.0 Å². The van der Waals surface area contributed by atoms with Gasteiger partial charge >= 0.3 is 0 Å². The van der Waals surface area contributed by atoms with Crippen LogP contribution in [0.4, 0.5) is 4.39 Å². The number of benzene rings is 1. The summed E-state index contributed by atoms with van der Waals surface area (Å²) in [5.74, 6) is -0.0627. The van der Waals surface area contributed by atoms with Gasteiger partial charge in [0.15, 0.2) is 0 Å². The Morgan fingerprint density at radius 1 is 1.26 bits per heavy atom. The minimum absolute atomic E-state index is 0.0300. The minimum Gasteiger partial charge on any atom is -0.297 e. The van der Waals surface area contributed by atoms with Gasteiger partial charge in [-0.2, -0.15) is 5.11 Å². The van der Waals surface area contributed by atoms with Gasteiger partial charge in [-0.1, -0.05) is 13.0 Å². The van der Waals surface area contributed by atoms with Gasteiger partial charge in [0.25, 0.3) is 5.91 Å². The molecule has 1 fully saturated rings. The highest BCUT2D eigenvalue weighted by molar-refractivity contribution is 5.77. The molecule has 2 aliphatic rings. The van der Waals surface area contributed by atoms with E-state index in [0.717, 1.165) is 38.3 Å². The molecule has 5 nitrogen and oxygen atoms in total. The summed E-state index contributed by atoms with van der Waals surface area (Å²) in [4.78, 5) is 16.0. The molecule has 0 saturated carbocycles. The van der Waals surface area contributed by atoms with E-state index in [2.05, 4.69) is 27.0 Å². The van der Waals surface area contributed by atoms with Crippen LogP contribution in [0.25, 0.3) is 0 Å². The first-order valence-electron chi connectivity index (χ1n) is 8.18. The summed E-state index contributed by atoms with van der Waals surface area (Å²) in [5, 5.41) is 7.93. The van der Waals surface area contributed by atoms with Crippen LogP contribution >= 0.6 is 0 Å². The van der Waals surface area contributed by atoms with Crippen molar-refractivity contribution < 1.29 is 9.18 Å². The number of aryl methyl sites for hydroxylation is 1. The standard InChI is InChI=1S/C17H23FN4O/c1-12-9-15(18)4-3-14(12)11-21-5-7-22(8-6-21)17-13(2)10-16(23)19-20-17/h3-4,9,13,17H,5-8,10-11H2,1-2H3. The predicted molar refractivity (Wildman–Crippen MR) is 85.4 cm³/mol. The zero-order valence-electron chi connectivity index (χ0n) is 13.7. The number of nitrogens with zero attached hydrogens (tertiary/aromatic N) is 4. The number of carbonyl (C=O) groups is 1. The maximum atomic E-state index is 13.2. The van der Waals surface area contributed by atoms with Crippen LogP contribution in [0.2, 0.25) is 0 Å². The average Bonchev–Trinajstić information content (AvgIpc) is 2.51. The second-order valence-corrected chi connectivity index (χ2v) is 6.59. The lowest BCUT2D eigenvalue weighted by Crippen LogP contribution is -2.51. The fourth-order valence-corrected chi connectivity index (χ4v) is 3.36. The van der Waals surface area contributed by atoms with E-state index in [1.54, 1.807) is 6.07 Å². The van der Waals surface area contributed by atoms with Crippen LogP contribution in [0, 0.1) is 18.7 Å². The lowest BCUT2D eigenvalue weighted by molar-refractivity contribution is -0.121. The predicted octanol–water partition coefficient (Wildman–Crippen LogP) is 2.60. The van der Waals surface area contributed by atoms with Crippen molar-refractivity contribution in [3.05, 3.63) is 35.1 Å². The number of hydrogen-bond acceptors (Lipinski definition) is 4. The van der Waals surface area contributed by atoms with Crippen LogP contribution in [0.5, 0.6) is 0 Å². The van der Waals surface area contributed by atoms with Crippen LogP contribution in [0.15, 0.2) is 28.4 Å². The zero-order valence-corrected chi connectivity index (χ0v) is 13.7. The largest absolute Gasteiger partial charge is 0.297 e. The third kappa shape index (κ3) is 3.82. The third-order valence-corrected chi connectivity index (χ3v) is 4.77. The minimum atomic E-state index is -0.178. The molecule has 0 N–H and O–H groups in total. The molecule has 1 saturated heterocycles. The molecule has 0 radical (unpaired) electrons. The molecule has 3 rings (SSSR count). The van der Waals surface area contributed by atoms with Crippen LogP contribution in [0.3, 0.4) is 0 Å². The molecule has 0 aromatic heterocycles. The topological polar surface area (TPSA) is 48.3 Å². The van der Waals surface area contributed by atoms with Gasteiger partial charge < -0.3 is 0 Å². The lowest BCUT2D eigenvalue weighted by atomic mass is 10.0. The Balaban J connectivity index is 1.56.